The van der Waals surface area contributed by atoms with Crippen LogP contribution in [0.4, 0.5) is 0 Å². The Morgan fingerprint density at radius 2 is 1.81 bits per heavy atom. The van der Waals surface area contributed by atoms with Gasteiger partial charge in [-0.05, 0) is 55.9 Å². The summed E-state index contributed by atoms with van der Waals surface area (Å²) in [4.78, 5) is 11.3. The summed E-state index contributed by atoms with van der Waals surface area (Å²) in [7, 11) is 0. The average molecular weight is 294 g/mol. The lowest BCUT2D eigenvalue weighted by Gasteiger charge is -2.61. The Balaban J connectivity index is 2.47. The van der Waals surface area contributed by atoms with Crippen molar-refractivity contribution in [2.45, 2.75) is 72.0 Å². The van der Waals surface area contributed by atoms with E-state index in [1.54, 1.807) is 13.0 Å². The van der Waals surface area contributed by atoms with Crippen molar-refractivity contribution < 1.29 is 15.0 Å². The first-order valence-electron chi connectivity index (χ1n) is 8.11. The molecule has 2 aliphatic rings. The van der Waals surface area contributed by atoms with Crippen molar-refractivity contribution in [2.24, 2.45) is 22.7 Å². The molecule has 3 nitrogen and oxygen atoms in total. The van der Waals surface area contributed by atoms with Crippen molar-refractivity contribution in [1.29, 1.82) is 0 Å². The van der Waals surface area contributed by atoms with Crippen molar-refractivity contribution in [2.75, 3.05) is 0 Å². The van der Waals surface area contributed by atoms with Crippen LogP contribution in [0.15, 0.2) is 12.2 Å². The molecule has 2 aliphatic carbocycles. The number of carbonyl (C=O) groups is 1. The van der Waals surface area contributed by atoms with Gasteiger partial charge in [0, 0.05) is 5.92 Å². The summed E-state index contributed by atoms with van der Waals surface area (Å²) in [6.07, 6.45) is 6.63. The third-order valence-corrected chi connectivity index (χ3v) is 6.27. The summed E-state index contributed by atoms with van der Waals surface area (Å²) >= 11 is 0. The normalized spacial score (nSPS) is 46.3. The van der Waals surface area contributed by atoms with Crippen LogP contribution in [0.25, 0.3) is 0 Å². The first kappa shape index (κ1) is 16.7. The van der Waals surface area contributed by atoms with Crippen molar-refractivity contribution >= 4 is 5.78 Å². The maximum Gasteiger partial charge on any atom is 0.152 e. The number of aliphatic hydroxyl groups is 2. The van der Waals surface area contributed by atoms with Gasteiger partial charge in [-0.25, -0.2) is 0 Å². The molecule has 0 saturated heterocycles. The Bertz CT molecular complexity index is 449. The van der Waals surface area contributed by atoms with Crippen molar-refractivity contribution in [3.63, 3.8) is 0 Å². The first-order chi connectivity index (χ1) is 9.52. The van der Waals surface area contributed by atoms with Crippen LogP contribution in [0, 0.1) is 22.7 Å². The Hall–Kier alpha value is -0.670. The molecule has 0 aromatic carbocycles. The summed E-state index contributed by atoms with van der Waals surface area (Å²) < 4.78 is 0. The average Bonchev–Trinajstić information content (AvgIpc) is 2.31. The Morgan fingerprint density at radius 1 is 1.19 bits per heavy atom. The molecule has 120 valence electrons. The minimum Gasteiger partial charge on any atom is -0.390 e. The molecule has 2 rings (SSSR count). The molecule has 0 aromatic rings. The van der Waals surface area contributed by atoms with Crippen molar-refractivity contribution in [3.8, 4) is 0 Å². The summed E-state index contributed by atoms with van der Waals surface area (Å²) in [5, 5.41) is 21.4. The molecule has 5 unspecified atom stereocenters. The number of aliphatic hydroxyl groups excluding tert-OH is 1. The van der Waals surface area contributed by atoms with E-state index in [2.05, 4.69) is 20.8 Å². The van der Waals surface area contributed by atoms with E-state index in [1.165, 1.54) is 6.92 Å². The summed E-state index contributed by atoms with van der Waals surface area (Å²) in [5.74, 6) is 0.152. The molecule has 0 heterocycles. The van der Waals surface area contributed by atoms with Gasteiger partial charge in [-0.3, -0.25) is 4.79 Å². The second-order valence-electron chi connectivity index (χ2n) is 8.33. The highest BCUT2D eigenvalue weighted by Gasteiger charge is 2.60. The molecule has 2 saturated carbocycles. The first-order valence-corrected chi connectivity index (χ1v) is 8.11. The van der Waals surface area contributed by atoms with Crippen LogP contribution in [-0.4, -0.2) is 27.7 Å². The van der Waals surface area contributed by atoms with Crippen LogP contribution >= 0.6 is 0 Å². The van der Waals surface area contributed by atoms with Gasteiger partial charge in [0.05, 0.1) is 11.7 Å². The number of rotatable bonds is 2. The van der Waals surface area contributed by atoms with Gasteiger partial charge in [-0.1, -0.05) is 33.3 Å². The maximum absolute atomic E-state index is 11.3. The minimum atomic E-state index is -1.18. The van der Waals surface area contributed by atoms with E-state index >= 15 is 0 Å². The predicted octanol–water partition coefficient (Wildman–Crippen LogP) is 3.10. The zero-order valence-corrected chi connectivity index (χ0v) is 14.0. The Kier molecular flexibility index (Phi) is 4.14. The second kappa shape index (κ2) is 5.20. The highest BCUT2D eigenvalue weighted by Crippen LogP contribution is 2.62. The van der Waals surface area contributed by atoms with Crippen molar-refractivity contribution in [1.82, 2.24) is 0 Å². The molecule has 0 bridgehead atoms. The quantitative estimate of drug-likeness (QED) is 0.769. The van der Waals surface area contributed by atoms with Gasteiger partial charge in [0.1, 0.15) is 0 Å². The molecule has 21 heavy (non-hydrogen) atoms. The molecule has 0 aliphatic heterocycles. The lowest BCUT2D eigenvalue weighted by molar-refractivity contribution is -0.204. The molecule has 0 aromatic heterocycles. The number of ketones is 1. The standard InChI is InChI=1S/C18H30O3/c1-12(19)7-8-13-17(4)10-6-9-16(2,3)14(17)11-15(20)18(13,5)21/h7-8,13-15,20-21H,6,9-11H2,1-5H3. The third-order valence-electron chi connectivity index (χ3n) is 6.27. The second-order valence-corrected chi connectivity index (χ2v) is 8.33. The lowest BCUT2D eigenvalue weighted by Crippen LogP contribution is -2.62. The molecule has 0 spiro atoms. The fraction of sp³-hybridized carbons (Fsp3) is 0.833. The molecule has 2 fully saturated rings. The maximum atomic E-state index is 11.3. The minimum absolute atomic E-state index is 0.0129. The molecule has 0 amide bonds. The van der Waals surface area contributed by atoms with E-state index in [9.17, 15) is 15.0 Å². The number of allylic oxidation sites excluding steroid dienone is 1. The zero-order valence-electron chi connectivity index (χ0n) is 14.0. The Morgan fingerprint density at radius 3 is 2.38 bits per heavy atom. The highest BCUT2D eigenvalue weighted by atomic mass is 16.3. The lowest BCUT2D eigenvalue weighted by atomic mass is 9.45. The van der Waals surface area contributed by atoms with Gasteiger partial charge in [-0.15, -0.1) is 0 Å². The SMILES string of the molecule is CC(=O)C=CC1C(C)(O)C(O)CC2C(C)(C)CCCC21C. The topological polar surface area (TPSA) is 57.5 Å². The molecule has 3 heteroatoms. The van der Waals surface area contributed by atoms with Crippen molar-refractivity contribution in [3.05, 3.63) is 12.2 Å². The fourth-order valence-electron chi connectivity index (χ4n) is 5.11. The van der Waals surface area contributed by atoms with Crippen LogP contribution in [-0.2, 0) is 4.79 Å². The molecule has 2 N–H and O–H groups in total. The number of fused-ring (bicyclic) bond motifs is 1. The fourth-order valence-corrected chi connectivity index (χ4v) is 5.11. The van der Waals surface area contributed by atoms with E-state index in [1.807, 2.05) is 6.08 Å². The van der Waals surface area contributed by atoms with Gasteiger partial charge in [0.2, 0.25) is 0 Å². The van der Waals surface area contributed by atoms with E-state index in [0.29, 0.717) is 12.3 Å². The van der Waals surface area contributed by atoms with Gasteiger partial charge in [-0.2, -0.15) is 0 Å². The van der Waals surface area contributed by atoms with Crippen LogP contribution < -0.4 is 0 Å². The van der Waals surface area contributed by atoms with Crippen LogP contribution in [0.5, 0.6) is 0 Å². The van der Waals surface area contributed by atoms with Gasteiger partial charge in [0.25, 0.3) is 0 Å². The summed E-state index contributed by atoms with van der Waals surface area (Å²) in [6, 6.07) is 0. The number of carbonyl (C=O) groups excluding carboxylic acids is 1. The Labute approximate surface area is 128 Å². The molecular formula is C18H30O3. The summed E-state index contributed by atoms with van der Waals surface area (Å²) in [6.45, 7) is 10.0. The van der Waals surface area contributed by atoms with Crippen LogP contribution in [0.3, 0.4) is 0 Å². The molecule has 5 atom stereocenters. The largest absolute Gasteiger partial charge is 0.390 e. The van der Waals surface area contributed by atoms with E-state index < -0.39 is 11.7 Å². The number of hydrogen-bond donors (Lipinski definition) is 2. The van der Waals surface area contributed by atoms with E-state index in [4.69, 9.17) is 0 Å². The van der Waals surface area contributed by atoms with Crippen LogP contribution in [0.2, 0.25) is 0 Å². The van der Waals surface area contributed by atoms with Crippen LogP contribution in [0.1, 0.15) is 60.3 Å². The monoisotopic (exact) mass is 294 g/mol. The van der Waals surface area contributed by atoms with Gasteiger partial charge >= 0.3 is 0 Å². The van der Waals surface area contributed by atoms with Gasteiger partial charge in [0.15, 0.2) is 5.78 Å². The van der Waals surface area contributed by atoms with E-state index in [0.717, 1.165) is 19.3 Å². The zero-order chi connectivity index (χ0) is 16.1. The number of hydrogen-bond acceptors (Lipinski definition) is 3. The van der Waals surface area contributed by atoms with E-state index in [-0.39, 0.29) is 22.5 Å². The highest BCUT2D eigenvalue weighted by molar-refractivity contribution is 5.87. The molecular weight excluding hydrogens is 264 g/mol. The smallest absolute Gasteiger partial charge is 0.152 e. The summed E-state index contributed by atoms with van der Waals surface area (Å²) in [5.41, 5.74) is -1.09. The van der Waals surface area contributed by atoms with Gasteiger partial charge < -0.3 is 10.2 Å². The predicted molar refractivity (Wildman–Crippen MR) is 83.8 cm³/mol. The third kappa shape index (κ3) is 2.70. The molecule has 0 radical (unpaired) electrons.